The lowest BCUT2D eigenvalue weighted by atomic mass is 9.57. The number of anilines is 1. The Morgan fingerprint density at radius 2 is 1.71 bits per heavy atom. The van der Waals surface area contributed by atoms with Gasteiger partial charge < -0.3 is 11.1 Å². The molecule has 0 bridgehead atoms. The number of nitrogens with two attached hydrogens (primary N) is 1. The van der Waals surface area contributed by atoms with Crippen molar-refractivity contribution in [1.29, 1.82) is 0 Å². The third kappa shape index (κ3) is 2.92. The molecule has 2 fully saturated rings. The molecule has 3 aliphatic rings. The van der Waals surface area contributed by atoms with Crippen molar-refractivity contribution >= 4 is 21.7 Å². The number of primary amides is 1. The second-order valence-corrected chi connectivity index (χ2v) is 10.4. The molecule has 1 saturated heterocycles. The Labute approximate surface area is 182 Å². The first-order valence-corrected chi connectivity index (χ1v) is 12.2. The number of para-hydroxylation sites is 1. The normalized spacial score (nSPS) is 29.1. The van der Waals surface area contributed by atoms with Crippen LogP contribution in [-0.4, -0.2) is 30.5 Å². The molecule has 7 nitrogen and oxygen atoms in total. The molecule has 1 saturated carbocycles. The standard InChI is InChI=1S/C23H27N3O4S/c24-21(27)18-14-23(22(26-18)12-6-1-7-13-22)16-9-3-4-10-17(16)25-20(23)15-8-2-5-11-19(15)31(28,29)30/h2-5,8-11,18,20,25-26H,1,6-7,12-14H2,(H2,24,27)(H,28,29,30). The summed E-state index contributed by atoms with van der Waals surface area (Å²) in [5, 5.41) is 7.17. The van der Waals surface area contributed by atoms with E-state index < -0.39 is 39.1 Å². The molecule has 5 N–H and O–H groups in total. The Hall–Kier alpha value is -2.42. The summed E-state index contributed by atoms with van der Waals surface area (Å²) in [6.07, 6.45) is 5.39. The Morgan fingerprint density at radius 1 is 1.03 bits per heavy atom. The maximum atomic E-state index is 12.4. The lowest BCUT2D eigenvalue weighted by Gasteiger charge is -2.49. The van der Waals surface area contributed by atoms with Gasteiger partial charge in [-0.3, -0.25) is 14.7 Å². The summed E-state index contributed by atoms with van der Waals surface area (Å²) in [6.45, 7) is 0. The van der Waals surface area contributed by atoms with Crippen molar-refractivity contribution < 1.29 is 17.8 Å². The fraction of sp³-hybridized carbons (Fsp3) is 0.435. The first-order chi connectivity index (χ1) is 14.8. The molecule has 0 aromatic heterocycles. The largest absolute Gasteiger partial charge is 0.377 e. The van der Waals surface area contributed by atoms with Gasteiger partial charge in [0.15, 0.2) is 0 Å². The molecular weight excluding hydrogens is 414 g/mol. The zero-order valence-corrected chi connectivity index (χ0v) is 18.0. The van der Waals surface area contributed by atoms with Crippen LogP contribution in [0.2, 0.25) is 0 Å². The first-order valence-electron chi connectivity index (χ1n) is 10.8. The van der Waals surface area contributed by atoms with E-state index in [2.05, 4.69) is 16.7 Å². The molecular formula is C23H27N3O4S. The Morgan fingerprint density at radius 3 is 2.42 bits per heavy atom. The van der Waals surface area contributed by atoms with E-state index in [1.807, 2.05) is 18.2 Å². The summed E-state index contributed by atoms with van der Waals surface area (Å²) in [6, 6.07) is 13.6. The van der Waals surface area contributed by atoms with E-state index in [-0.39, 0.29) is 4.90 Å². The fourth-order valence-corrected chi connectivity index (χ4v) is 7.17. The van der Waals surface area contributed by atoms with E-state index in [1.54, 1.807) is 18.2 Å². The second kappa shape index (κ2) is 7.05. The average Bonchev–Trinajstić information content (AvgIpc) is 3.25. The van der Waals surface area contributed by atoms with E-state index >= 15 is 0 Å². The molecule has 0 radical (unpaired) electrons. The monoisotopic (exact) mass is 441 g/mol. The van der Waals surface area contributed by atoms with Crippen LogP contribution in [0.25, 0.3) is 0 Å². The maximum Gasteiger partial charge on any atom is 0.294 e. The number of hydrogen-bond donors (Lipinski definition) is 4. The number of fused-ring (bicyclic) bond motifs is 3. The predicted octanol–water partition coefficient (Wildman–Crippen LogP) is 2.89. The zero-order chi connectivity index (χ0) is 21.9. The second-order valence-electron chi connectivity index (χ2n) is 9.05. The smallest absolute Gasteiger partial charge is 0.294 e. The summed E-state index contributed by atoms with van der Waals surface area (Å²) >= 11 is 0. The van der Waals surface area contributed by atoms with Gasteiger partial charge in [0.05, 0.1) is 17.0 Å². The van der Waals surface area contributed by atoms with Crippen LogP contribution in [-0.2, 0) is 20.3 Å². The number of amides is 1. The average molecular weight is 442 g/mol. The Balaban J connectivity index is 1.79. The van der Waals surface area contributed by atoms with Gasteiger partial charge in [-0.05, 0) is 42.5 Å². The highest BCUT2D eigenvalue weighted by atomic mass is 32.2. The molecule has 2 aromatic rings. The summed E-state index contributed by atoms with van der Waals surface area (Å²) in [5.41, 5.74) is 7.31. The minimum Gasteiger partial charge on any atom is -0.377 e. The molecule has 5 rings (SSSR count). The summed E-state index contributed by atoms with van der Waals surface area (Å²) < 4.78 is 34.5. The molecule has 2 aliphatic heterocycles. The van der Waals surface area contributed by atoms with Crippen LogP contribution in [0.1, 0.15) is 55.7 Å². The van der Waals surface area contributed by atoms with Crippen LogP contribution in [0.4, 0.5) is 5.69 Å². The minimum atomic E-state index is -4.43. The number of carbonyl (C=O) groups is 1. The van der Waals surface area contributed by atoms with Crippen molar-refractivity contribution in [3.8, 4) is 0 Å². The topological polar surface area (TPSA) is 122 Å². The van der Waals surface area contributed by atoms with Crippen LogP contribution in [0.15, 0.2) is 53.4 Å². The van der Waals surface area contributed by atoms with E-state index in [1.165, 1.54) is 6.07 Å². The van der Waals surface area contributed by atoms with Crippen LogP contribution >= 0.6 is 0 Å². The summed E-state index contributed by atoms with van der Waals surface area (Å²) in [5.74, 6) is -0.395. The molecule has 8 heteroatoms. The Bertz CT molecular complexity index is 1140. The first kappa shape index (κ1) is 20.5. The Kier molecular flexibility index (Phi) is 4.66. The molecule has 3 unspecified atom stereocenters. The number of carbonyl (C=O) groups excluding carboxylic acids is 1. The predicted molar refractivity (Wildman–Crippen MR) is 117 cm³/mol. The van der Waals surface area contributed by atoms with Crippen molar-refractivity contribution in [2.45, 2.75) is 66.5 Å². The van der Waals surface area contributed by atoms with Crippen molar-refractivity contribution in [2.75, 3.05) is 5.32 Å². The molecule has 31 heavy (non-hydrogen) atoms. The third-order valence-electron chi connectivity index (χ3n) is 7.59. The highest BCUT2D eigenvalue weighted by molar-refractivity contribution is 7.85. The highest BCUT2D eigenvalue weighted by Crippen LogP contribution is 2.63. The van der Waals surface area contributed by atoms with Gasteiger partial charge in [-0.1, -0.05) is 55.7 Å². The van der Waals surface area contributed by atoms with Gasteiger partial charge in [0.1, 0.15) is 0 Å². The van der Waals surface area contributed by atoms with Crippen molar-refractivity contribution in [3.63, 3.8) is 0 Å². The van der Waals surface area contributed by atoms with E-state index in [0.29, 0.717) is 12.0 Å². The third-order valence-corrected chi connectivity index (χ3v) is 8.52. The van der Waals surface area contributed by atoms with E-state index in [9.17, 15) is 17.8 Å². The van der Waals surface area contributed by atoms with Crippen molar-refractivity contribution in [1.82, 2.24) is 5.32 Å². The number of hydrogen-bond acceptors (Lipinski definition) is 5. The number of rotatable bonds is 3. The van der Waals surface area contributed by atoms with Crippen LogP contribution < -0.4 is 16.4 Å². The molecule has 2 heterocycles. The van der Waals surface area contributed by atoms with Crippen molar-refractivity contribution in [2.24, 2.45) is 5.73 Å². The lowest BCUT2D eigenvalue weighted by Crippen LogP contribution is -2.58. The number of benzene rings is 2. The summed E-state index contributed by atoms with van der Waals surface area (Å²) in [7, 11) is -4.43. The van der Waals surface area contributed by atoms with Gasteiger partial charge >= 0.3 is 0 Å². The van der Waals surface area contributed by atoms with Crippen LogP contribution in [0.5, 0.6) is 0 Å². The van der Waals surface area contributed by atoms with Crippen LogP contribution in [0.3, 0.4) is 0 Å². The van der Waals surface area contributed by atoms with Gasteiger partial charge in [-0.25, -0.2) is 0 Å². The number of nitrogens with one attached hydrogen (secondary N) is 2. The molecule has 3 atom stereocenters. The molecule has 1 aliphatic carbocycles. The molecule has 2 spiro atoms. The molecule has 1 amide bonds. The quantitative estimate of drug-likeness (QED) is 0.544. The lowest BCUT2D eigenvalue weighted by molar-refractivity contribution is -0.119. The maximum absolute atomic E-state index is 12.4. The van der Waals surface area contributed by atoms with Crippen molar-refractivity contribution in [3.05, 3.63) is 59.7 Å². The SMILES string of the molecule is NC(=O)C1CC2(c3ccccc3NC2c2ccccc2S(=O)(=O)O)C2(CCCCC2)N1. The van der Waals surface area contributed by atoms with Gasteiger partial charge in [-0.2, -0.15) is 8.42 Å². The van der Waals surface area contributed by atoms with Gasteiger partial charge in [0.25, 0.3) is 10.1 Å². The van der Waals surface area contributed by atoms with E-state index in [0.717, 1.165) is 43.4 Å². The van der Waals surface area contributed by atoms with E-state index in [4.69, 9.17) is 5.73 Å². The van der Waals surface area contributed by atoms with Crippen LogP contribution in [0, 0.1) is 0 Å². The minimum absolute atomic E-state index is 0.104. The van der Waals surface area contributed by atoms with Gasteiger partial charge in [0.2, 0.25) is 5.91 Å². The zero-order valence-electron chi connectivity index (χ0n) is 17.2. The fourth-order valence-electron chi connectivity index (χ4n) is 6.44. The van der Waals surface area contributed by atoms with Gasteiger partial charge in [0, 0.05) is 16.6 Å². The highest BCUT2D eigenvalue weighted by Gasteiger charge is 2.66. The molecule has 164 valence electrons. The summed E-state index contributed by atoms with van der Waals surface area (Å²) in [4.78, 5) is 12.2. The van der Waals surface area contributed by atoms with Gasteiger partial charge in [-0.15, -0.1) is 0 Å². The molecule has 2 aromatic carbocycles.